The van der Waals surface area contributed by atoms with Crippen molar-refractivity contribution in [2.75, 3.05) is 20.2 Å². The maximum Gasteiger partial charge on any atom is 0.278 e. The van der Waals surface area contributed by atoms with Crippen LogP contribution in [-0.2, 0) is 4.79 Å². The second kappa shape index (κ2) is 8.39. The molecule has 1 fully saturated rings. The van der Waals surface area contributed by atoms with E-state index in [9.17, 15) is 4.79 Å². The Labute approximate surface area is 137 Å². The van der Waals surface area contributed by atoms with E-state index in [0.29, 0.717) is 17.7 Å². The second-order valence-electron chi connectivity index (χ2n) is 6.11. The van der Waals surface area contributed by atoms with Crippen LogP contribution in [-0.4, -0.2) is 38.2 Å². The fraction of sp³-hybridized carbons (Fsp3) is 0.588. The number of nitrogens with one attached hydrogen (secondary N) is 2. The number of hydrogen-bond acceptors (Lipinski definition) is 2. The molecule has 22 heavy (non-hydrogen) atoms. The molecule has 1 unspecified atom stereocenters. The molecule has 122 valence electrons. The highest BCUT2D eigenvalue weighted by Gasteiger charge is 2.25. The Morgan fingerprint density at radius 3 is 2.64 bits per heavy atom. The van der Waals surface area contributed by atoms with Gasteiger partial charge >= 0.3 is 0 Å². The average Bonchev–Trinajstić information content (AvgIpc) is 3.01. The van der Waals surface area contributed by atoms with Gasteiger partial charge in [0.15, 0.2) is 6.04 Å². The van der Waals surface area contributed by atoms with Crippen molar-refractivity contribution in [3.05, 3.63) is 29.3 Å². The molecule has 0 bridgehead atoms. The molecule has 2 atom stereocenters. The smallest absolute Gasteiger partial charge is 0.278 e. The minimum absolute atomic E-state index is 0.0607. The maximum atomic E-state index is 12.2. The summed E-state index contributed by atoms with van der Waals surface area (Å²) in [7, 11) is 2.03. The fourth-order valence-corrected chi connectivity index (χ4v) is 2.82. The molecule has 2 rings (SSSR count). The zero-order chi connectivity index (χ0) is 15.9. The van der Waals surface area contributed by atoms with Crippen LogP contribution in [0.5, 0.6) is 5.75 Å². The monoisotopic (exact) mass is 325 g/mol. The zero-order valence-electron chi connectivity index (χ0n) is 13.4. The Balaban J connectivity index is 1.69. The molecule has 1 aliphatic rings. The highest BCUT2D eigenvalue weighted by atomic mass is 35.5. The Morgan fingerprint density at radius 1 is 1.36 bits per heavy atom. The van der Waals surface area contributed by atoms with Crippen molar-refractivity contribution in [1.29, 1.82) is 0 Å². The SMILES string of the molecule is C[C@@H](C(=O)NC1CCCC1)[NH+](C)CCOc1ccc(Cl)cc1. The third-order valence-corrected chi connectivity index (χ3v) is 4.66. The van der Waals surface area contributed by atoms with E-state index in [1.165, 1.54) is 12.8 Å². The Bertz CT molecular complexity index is 472. The number of quaternary nitrogens is 1. The lowest BCUT2D eigenvalue weighted by Crippen LogP contribution is -3.14. The van der Waals surface area contributed by atoms with Gasteiger partial charge in [0.05, 0.1) is 7.05 Å². The van der Waals surface area contributed by atoms with Gasteiger partial charge in [-0.15, -0.1) is 0 Å². The first kappa shape index (κ1) is 17.1. The van der Waals surface area contributed by atoms with Crippen molar-refractivity contribution in [2.24, 2.45) is 0 Å². The molecular weight excluding hydrogens is 300 g/mol. The van der Waals surface area contributed by atoms with Gasteiger partial charge in [-0.1, -0.05) is 24.4 Å². The van der Waals surface area contributed by atoms with E-state index < -0.39 is 0 Å². The molecule has 0 radical (unpaired) electrons. The molecule has 1 aliphatic carbocycles. The number of carbonyl (C=O) groups excluding carboxylic acids is 1. The van der Waals surface area contributed by atoms with Crippen LogP contribution in [0.3, 0.4) is 0 Å². The third kappa shape index (κ3) is 5.18. The highest BCUT2D eigenvalue weighted by molar-refractivity contribution is 6.30. The number of hydrogen-bond donors (Lipinski definition) is 2. The first-order valence-corrected chi connectivity index (χ1v) is 8.45. The minimum Gasteiger partial charge on any atom is -0.488 e. The van der Waals surface area contributed by atoms with E-state index >= 15 is 0 Å². The highest BCUT2D eigenvalue weighted by Crippen LogP contribution is 2.17. The summed E-state index contributed by atoms with van der Waals surface area (Å²) in [5.41, 5.74) is 0. The predicted molar refractivity (Wildman–Crippen MR) is 88.6 cm³/mol. The summed E-state index contributed by atoms with van der Waals surface area (Å²) in [4.78, 5) is 13.4. The number of carbonyl (C=O) groups is 1. The maximum absolute atomic E-state index is 12.2. The van der Waals surface area contributed by atoms with Crippen LogP contribution in [0.1, 0.15) is 32.6 Å². The molecule has 1 aromatic rings. The third-order valence-electron chi connectivity index (χ3n) is 4.41. The number of amides is 1. The first-order chi connectivity index (χ1) is 10.6. The van der Waals surface area contributed by atoms with Gasteiger partial charge in [-0.3, -0.25) is 4.79 Å². The lowest BCUT2D eigenvalue weighted by molar-refractivity contribution is -0.894. The Morgan fingerprint density at radius 2 is 2.00 bits per heavy atom. The van der Waals surface area contributed by atoms with Crippen LogP contribution >= 0.6 is 11.6 Å². The van der Waals surface area contributed by atoms with Gasteiger partial charge in [0, 0.05) is 11.1 Å². The summed E-state index contributed by atoms with van der Waals surface area (Å²) in [5, 5.41) is 3.86. The molecular formula is C17H26ClN2O2+. The van der Waals surface area contributed by atoms with E-state index in [1.807, 2.05) is 38.2 Å². The number of halogens is 1. The van der Waals surface area contributed by atoms with E-state index in [-0.39, 0.29) is 11.9 Å². The Hall–Kier alpha value is -1.26. The Kier molecular flexibility index (Phi) is 6.52. The summed E-state index contributed by atoms with van der Waals surface area (Å²) in [5.74, 6) is 0.955. The minimum atomic E-state index is -0.0607. The normalized spacial score (nSPS) is 18.0. The van der Waals surface area contributed by atoms with Crippen LogP contribution in [0, 0.1) is 0 Å². The summed E-state index contributed by atoms with van der Waals surface area (Å²) in [6, 6.07) is 7.65. The number of ether oxygens (including phenoxy) is 1. The number of likely N-dealkylation sites (N-methyl/N-ethyl adjacent to an activating group) is 1. The van der Waals surface area contributed by atoms with Crippen molar-refractivity contribution in [3.63, 3.8) is 0 Å². The first-order valence-electron chi connectivity index (χ1n) is 8.07. The van der Waals surface area contributed by atoms with Crippen LogP contribution in [0.15, 0.2) is 24.3 Å². The van der Waals surface area contributed by atoms with Crippen molar-refractivity contribution in [1.82, 2.24) is 5.32 Å². The van der Waals surface area contributed by atoms with Gasteiger partial charge in [-0.05, 0) is 44.0 Å². The quantitative estimate of drug-likeness (QED) is 0.801. The van der Waals surface area contributed by atoms with Gasteiger partial charge in [0.25, 0.3) is 5.91 Å². The van der Waals surface area contributed by atoms with Crippen LogP contribution in [0.2, 0.25) is 5.02 Å². The van der Waals surface area contributed by atoms with Gasteiger partial charge in [-0.25, -0.2) is 0 Å². The largest absolute Gasteiger partial charge is 0.488 e. The van der Waals surface area contributed by atoms with Crippen molar-refractivity contribution >= 4 is 17.5 Å². The molecule has 0 heterocycles. The molecule has 5 heteroatoms. The molecule has 0 spiro atoms. The molecule has 0 saturated heterocycles. The van der Waals surface area contributed by atoms with Crippen LogP contribution < -0.4 is 15.0 Å². The van der Waals surface area contributed by atoms with Crippen LogP contribution in [0.4, 0.5) is 0 Å². The topological polar surface area (TPSA) is 42.8 Å². The molecule has 0 aromatic heterocycles. The van der Waals surface area contributed by atoms with Gasteiger partial charge in [-0.2, -0.15) is 0 Å². The van der Waals surface area contributed by atoms with E-state index in [1.54, 1.807) is 0 Å². The van der Waals surface area contributed by atoms with Gasteiger partial charge in [0.1, 0.15) is 18.9 Å². The predicted octanol–water partition coefficient (Wildman–Crippen LogP) is 1.68. The fourth-order valence-electron chi connectivity index (χ4n) is 2.70. The van der Waals surface area contributed by atoms with Crippen LogP contribution in [0.25, 0.3) is 0 Å². The number of benzene rings is 1. The number of rotatable bonds is 7. The van der Waals surface area contributed by atoms with Crippen molar-refractivity contribution in [2.45, 2.75) is 44.7 Å². The molecule has 1 amide bonds. The lowest BCUT2D eigenvalue weighted by atomic mass is 10.2. The summed E-state index contributed by atoms with van der Waals surface area (Å²) >= 11 is 5.84. The molecule has 1 aromatic carbocycles. The van der Waals surface area contributed by atoms with Crippen molar-refractivity contribution in [3.8, 4) is 5.75 Å². The van der Waals surface area contributed by atoms with E-state index in [0.717, 1.165) is 30.0 Å². The molecule has 0 aliphatic heterocycles. The van der Waals surface area contributed by atoms with Crippen molar-refractivity contribution < 1.29 is 14.4 Å². The average molecular weight is 326 g/mol. The zero-order valence-corrected chi connectivity index (χ0v) is 14.2. The molecule has 2 N–H and O–H groups in total. The van der Waals surface area contributed by atoms with Gasteiger partial charge in [0.2, 0.25) is 0 Å². The molecule has 4 nitrogen and oxygen atoms in total. The molecule has 1 saturated carbocycles. The van der Waals surface area contributed by atoms with Gasteiger partial charge < -0.3 is 15.0 Å². The second-order valence-corrected chi connectivity index (χ2v) is 6.55. The standard InChI is InChI=1S/C17H25ClN2O2/c1-13(17(21)19-15-5-3-4-6-15)20(2)11-12-22-16-9-7-14(18)8-10-16/h7-10,13,15H,3-6,11-12H2,1-2H3,(H,19,21)/p+1/t13-/m0/s1. The lowest BCUT2D eigenvalue weighted by Gasteiger charge is -2.22. The summed E-state index contributed by atoms with van der Waals surface area (Å²) in [6.45, 7) is 3.33. The van der Waals surface area contributed by atoms with E-state index in [4.69, 9.17) is 16.3 Å². The van der Waals surface area contributed by atoms with E-state index in [2.05, 4.69) is 5.32 Å². The summed E-state index contributed by atoms with van der Waals surface area (Å²) in [6.07, 6.45) is 4.71. The summed E-state index contributed by atoms with van der Waals surface area (Å²) < 4.78 is 5.68.